The summed E-state index contributed by atoms with van der Waals surface area (Å²) < 4.78 is 17.0. The second-order valence-corrected chi connectivity index (χ2v) is 8.17. The van der Waals surface area contributed by atoms with Gasteiger partial charge in [-0.1, -0.05) is 36.4 Å². The van der Waals surface area contributed by atoms with Crippen LogP contribution in [0.5, 0.6) is 11.5 Å². The van der Waals surface area contributed by atoms with Gasteiger partial charge in [-0.2, -0.15) is 0 Å². The van der Waals surface area contributed by atoms with Crippen LogP contribution in [0.25, 0.3) is 0 Å². The van der Waals surface area contributed by atoms with Crippen LogP contribution in [0, 0.1) is 0 Å². The maximum absolute atomic E-state index is 13.0. The lowest BCUT2D eigenvalue weighted by Crippen LogP contribution is -2.34. The molecule has 0 amide bonds. The summed E-state index contributed by atoms with van der Waals surface area (Å²) in [5.74, 6) is 0.284. The average molecular weight is 448 g/mol. The van der Waals surface area contributed by atoms with Crippen molar-refractivity contribution in [2.24, 2.45) is 0 Å². The number of esters is 1. The Morgan fingerprint density at radius 3 is 2.61 bits per heavy atom. The van der Waals surface area contributed by atoms with E-state index in [9.17, 15) is 9.59 Å². The fourth-order valence-electron chi connectivity index (χ4n) is 4.51. The highest BCUT2D eigenvalue weighted by Crippen LogP contribution is 2.44. The second kappa shape index (κ2) is 9.94. The van der Waals surface area contributed by atoms with Crippen LogP contribution >= 0.6 is 0 Å². The molecule has 1 aliphatic heterocycles. The number of rotatable bonds is 7. The Kier molecular flexibility index (Phi) is 6.82. The second-order valence-electron chi connectivity index (χ2n) is 8.17. The predicted octanol–water partition coefficient (Wildman–Crippen LogP) is 4.81. The fourth-order valence-corrected chi connectivity index (χ4v) is 4.51. The number of ketones is 1. The minimum atomic E-state index is -0.509. The Bertz CT molecular complexity index is 1120. The zero-order valence-corrected chi connectivity index (χ0v) is 19.3. The Morgan fingerprint density at radius 2 is 1.88 bits per heavy atom. The van der Waals surface area contributed by atoms with E-state index in [1.165, 1.54) is 0 Å². The zero-order chi connectivity index (χ0) is 23.4. The normalized spacial score (nSPS) is 17.9. The van der Waals surface area contributed by atoms with Gasteiger partial charge in [-0.05, 0) is 49.9 Å². The summed E-state index contributed by atoms with van der Waals surface area (Å²) in [5.41, 5.74) is 4.57. The van der Waals surface area contributed by atoms with Crippen molar-refractivity contribution < 1.29 is 23.8 Å². The van der Waals surface area contributed by atoms with E-state index in [0.717, 1.165) is 35.4 Å². The minimum absolute atomic E-state index is 0.0615. The number of ether oxygens (including phenoxy) is 3. The summed E-state index contributed by atoms with van der Waals surface area (Å²) in [4.78, 5) is 25.9. The number of carbonyl (C=O) groups excluding carboxylic acids is 2. The number of carbonyl (C=O) groups is 2. The zero-order valence-electron chi connectivity index (χ0n) is 19.3. The summed E-state index contributed by atoms with van der Waals surface area (Å²) in [7, 11) is 1.58. The van der Waals surface area contributed by atoms with Crippen molar-refractivity contribution in [3.63, 3.8) is 0 Å². The van der Waals surface area contributed by atoms with E-state index in [0.29, 0.717) is 35.7 Å². The van der Waals surface area contributed by atoms with Gasteiger partial charge in [-0.15, -0.1) is 0 Å². The summed E-state index contributed by atoms with van der Waals surface area (Å²) >= 11 is 0. The van der Waals surface area contributed by atoms with Crippen molar-refractivity contribution in [2.75, 3.05) is 13.7 Å². The van der Waals surface area contributed by atoms with Crippen LogP contribution in [0.1, 0.15) is 50.2 Å². The van der Waals surface area contributed by atoms with Crippen molar-refractivity contribution in [1.82, 2.24) is 5.32 Å². The molecule has 6 heteroatoms. The standard InChI is InChI=1S/C27H29NO5/c1-4-32-27(30)24-17(2)28-20-11-8-12-21(29)26(20)25(24)19-13-14-22(23(15-19)31-3)33-16-18-9-6-5-7-10-18/h5-7,9-10,13-15,25,28H,4,8,11-12,16H2,1-3H3/t25-/m0/s1. The first-order chi connectivity index (χ1) is 16.0. The molecular weight excluding hydrogens is 418 g/mol. The molecule has 4 rings (SSSR count). The van der Waals surface area contributed by atoms with E-state index in [1.807, 2.05) is 55.5 Å². The number of benzene rings is 2. The van der Waals surface area contributed by atoms with Crippen LogP contribution in [0.4, 0.5) is 0 Å². The molecule has 1 heterocycles. The van der Waals surface area contributed by atoms with E-state index in [4.69, 9.17) is 14.2 Å². The number of Topliss-reactive ketones (excluding diaryl/α,β-unsaturated/α-hetero) is 1. The van der Waals surface area contributed by atoms with Crippen LogP contribution < -0.4 is 14.8 Å². The van der Waals surface area contributed by atoms with Crippen molar-refractivity contribution in [1.29, 1.82) is 0 Å². The highest BCUT2D eigenvalue weighted by molar-refractivity contribution is 6.03. The molecule has 0 unspecified atom stereocenters. The summed E-state index contributed by atoms with van der Waals surface area (Å²) in [6, 6.07) is 15.5. The maximum Gasteiger partial charge on any atom is 0.336 e. The number of nitrogens with one attached hydrogen (secondary N) is 1. The number of dihydropyridines is 1. The van der Waals surface area contributed by atoms with Crippen molar-refractivity contribution in [3.8, 4) is 11.5 Å². The molecule has 0 saturated heterocycles. The maximum atomic E-state index is 13.0. The quantitative estimate of drug-likeness (QED) is 0.615. The number of methoxy groups -OCH3 is 1. The van der Waals surface area contributed by atoms with Gasteiger partial charge in [0.05, 0.1) is 19.3 Å². The van der Waals surface area contributed by atoms with Gasteiger partial charge in [-0.3, -0.25) is 4.79 Å². The molecule has 0 radical (unpaired) electrons. The Morgan fingerprint density at radius 1 is 1.09 bits per heavy atom. The molecule has 1 N–H and O–H groups in total. The molecule has 0 saturated carbocycles. The third-order valence-corrected chi connectivity index (χ3v) is 6.03. The molecule has 2 aromatic rings. The molecule has 1 aliphatic carbocycles. The molecule has 2 aromatic carbocycles. The summed E-state index contributed by atoms with van der Waals surface area (Å²) in [5, 5.41) is 3.30. The third kappa shape index (κ3) is 4.65. The largest absolute Gasteiger partial charge is 0.493 e. The van der Waals surface area contributed by atoms with E-state index >= 15 is 0 Å². The monoisotopic (exact) mass is 447 g/mol. The van der Waals surface area contributed by atoms with E-state index in [-0.39, 0.29) is 12.4 Å². The number of allylic oxidation sites excluding steroid dienone is 3. The highest BCUT2D eigenvalue weighted by atomic mass is 16.5. The summed E-state index contributed by atoms with van der Waals surface area (Å²) in [6.07, 6.45) is 2.05. The first-order valence-electron chi connectivity index (χ1n) is 11.3. The molecule has 0 spiro atoms. The van der Waals surface area contributed by atoms with Crippen LogP contribution in [-0.2, 0) is 20.9 Å². The van der Waals surface area contributed by atoms with Gasteiger partial charge in [-0.25, -0.2) is 4.79 Å². The van der Waals surface area contributed by atoms with Gasteiger partial charge in [0, 0.05) is 29.3 Å². The topological polar surface area (TPSA) is 73.9 Å². The van der Waals surface area contributed by atoms with Crippen molar-refractivity contribution >= 4 is 11.8 Å². The van der Waals surface area contributed by atoms with Crippen LogP contribution in [-0.4, -0.2) is 25.5 Å². The molecule has 2 aliphatic rings. The first-order valence-corrected chi connectivity index (χ1v) is 11.3. The Hall–Kier alpha value is -3.54. The minimum Gasteiger partial charge on any atom is -0.493 e. The number of hydrogen-bond donors (Lipinski definition) is 1. The van der Waals surface area contributed by atoms with Crippen molar-refractivity contribution in [3.05, 3.63) is 82.2 Å². The van der Waals surface area contributed by atoms with E-state index in [1.54, 1.807) is 14.0 Å². The molecule has 0 aromatic heterocycles. The lowest BCUT2D eigenvalue weighted by molar-refractivity contribution is -0.138. The van der Waals surface area contributed by atoms with Gasteiger partial charge < -0.3 is 19.5 Å². The third-order valence-electron chi connectivity index (χ3n) is 6.03. The molecule has 0 fully saturated rings. The summed E-state index contributed by atoms with van der Waals surface area (Å²) in [6.45, 7) is 4.30. The Balaban J connectivity index is 1.73. The average Bonchev–Trinajstić information content (AvgIpc) is 2.82. The fraction of sp³-hybridized carbons (Fsp3) is 0.333. The Labute approximate surface area is 194 Å². The highest BCUT2D eigenvalue weighted by Gasteiger charge is 2.39. The molecule has 6 nitrogen and oxygen atoms in total. The van der Waals surface area contributed by atoms with Gasteiger partial charge in [0.15, 0.2) is 17.3 Å². The molecule has 33 heavy (non-hydrogen) atoms. The van der Waals surface area contributed by atoms with Crippen LogP contribution in [0.15, 0.2) is 71.1 Å². The van der Waals surface area contributed by atoms with Gasteiger partial charge in [0.25, 0.3) is 0 Å². The van der Waals surface area contributed by atoms with Crippen molar-refractivity contribution in [2.45, 2.75) is 45.6 Å². The van der Waals surface area contributed by atoms with Gasteiger partial charge in [0.2, 0.25) is 0 Å². The number of hydrogen-bond acceptors (Lipinski definition) is 6. The van der Waals surface area contributed by atoms with Crippen LogP contribution in [0.2, 0.25) is 0 Å². The van der Waals surface area contributed by atoms with Crippen LogP contribution in [0.3, 0.4) is 0 Å². The van der Waals surface area contributed by atoms with Gasteiger partial charge >= 0.3 is 5.97 Å². The first kappa shape index (κ1) is 22.6. The smallest absolute Gasteiger partial charge is 0.336 e. The van der Waals surface area contributed by atoms with Gasteiger partial charge in [0.1, 0.15) is 6.61 Å². The lowest BCUT2D eigenvalue weighted by atomic mass is 9.75. The SMILES string of the molecule is CCOC(=O)C1=C(C)NC2=C(C(=O)CCC2)[C@H]1c1ccc(OCc2ccccc2)c(OC)c1. The lowest BCUT2D eigenvalue weighted by Gasteiger charge is -2.34. The molecular formula is C27H29NO5. The van der Waals surface area contributed by atoms with E-state index in [2.05, 4.69) is 5.32 Å². The van der Waals surface area contributed by atoms with E-state index < -0.39 is 11.9 Å². The predicted molar refractivity (Wildman–Crippen MR) is 125 cm³/mol. The molecule has 172 valence electrons. The molecule has 0 bridgehead atoms. The molecule has 1 atom stereocenters.